The molecule has 0 radical (unpaired) electrons. The Morgan fingerprint density at radius 2 is 2.10 bits per heavy atom. The molecule has 1 aliphatic heterocycles. The summed E-state index contributed by atoms with van der Waals surface area (Å²) in [6.45, 7) is 3.81. The minimum Gasteiger partial charge on any atom is -0.478 e. The van der Waals surface area contributed by atoms with Gasteiger partial charge in [0.25, 0.3) is 0 Å². The van der Waals surface area contributed by atoms with Gasteiger partial charge in [-0.2, -0.15) is 0 Å². The van der Waals surface area contributed by atoms with Gasteiger partial charge in [-0.05, 0) is 18.2 Å². The van der Waals surface area contributed by atoms with Crippen LogP contribution in [0.1, 0.15) is 10.4 Å². The van der Waals surface area contributed by atoms with Gasteiger partial charge in [0.2, 0.25) is 0 Å². The van der Waals surface area contributed by atoms with Gasteiger partial charge in [0.15, 0.2) is 0 Å². The van der Waals surface area contributed by atoms with Crippen molar-refractivity contribution >= 4 is 28.4 Å². The summed E-state index contributed by atoms with van der Waals surface area (Å²) in [6.07, 6.45) is 0. The first kappa shape index (κ1) is 15.4. The number of carboxylic acid groups (broad SMARTS) is 1. The van der Waals surface area contributed by atoms with Crippen molar-refractivity contribution in [2.24, 2.45) is 0 Å². The number of ether oxygens (including phenoxy) is 1. The number of rotatable bonds is 5. The molecule has 5 nitrogen and oxygen atoms in total. The largest absolute Gasteiger partial charge is 0.478 e. The van der Waals surface area contributed by atoms with E-state index in [1.165, 1.54) is 12.1 Å². The van der Waals surface area contributed by atoms with Crippen LogP contribution in [0, 0.1) is 0 Å². The van der Waals surface area contributed by atoms with Crippen molar-refractivity contribution in [2.75, 3.05) is 38.6 Å². The van der Waals surface area contributed by atoms with Crippen LogP contribution >= 0.6 is 11.6 Å². The molecule has 1 atom stereocenters. The monoisotopic (exact) mass is 317 g/mol. The predicted octanol–water partition coefficient (Wildman–Crippen LogP) is 1.48. The molecule has 1 unspecified atom stereocenters. The summed E-state index contributed by atoms with van der Waals surface area (Å²) >= 11 is 5.79. The summed E-state index contributed by atoms with van der Waals surface area (Å²) in [4.78, 5) is 13.7. The van der Waals surface area contributed by atoms with Gasteiger partial charge in [0, 0.05) is 30.3 Å². The average molecular weight is 318 g/mol. The molecule has 1 aromatic rings. The summed E-state index contributed by atoms with van der Waals surface area (Å²) in [5, 5.41) is 9.16. The maximum atomic E-state index is 12.2. The minimum absolute atomic E-state index is 0.0103. The number of halogens is 1. The Labute approximate surface area is 124 Å². The number of nitrogens with zero attached hydrogens (tertiary/aromatic N) is 1. The molecule has 0 saturated carbocycles. The van der Waals surface area contributed by atoms with Crippen LogP contribution in [0.15, 0.2) is 23.1 Å². The lowest BCUT2D eigenvalue weighted by atomic mass is 10.2. The fourth-order valence-corrected chi connectivity index (χ4v) is 3.29. The van der Waals surface area contributed by atoms with Gasteiger partial charge in [-0.15, -0.1) is 0 Å². The predicted molar refractivity (Wildman–Crippen MR) is 76.9 cm³/mol. The highest BCUT2D eigenvalue weighted by atomic mass is 35.5. The smallest absolute Gasteiger partial charge is 0.337 e. The Hall–Kier alpha value is -0.950. The van der Waals surface area contributed by atoms with Crippen molar-refractivity contribution in [1.82, 2.24) is 4.90 Å². The van der Waals surface area contributed by atoms with Gasteiger partial charge < -0.3 is 9.84 Å². The average Bonchev–Trinajstić information content (AvgIpc) is 2.46. The van der Waals surface area contributed by atoms with Crippen LogP contribution in [-0.2, 0) is 15.5 Å². The van der Waals surface area contributed by atoms with E-state index in [0.717, 1.165) is 13.1 Å². The van der Waals surface area contributed by atoms with E-state index in [2.05, 4.69) is 4.90 Å². The highest BCUT2D eigenvalue weighted by Gasteiger charge is 2.15. The molecule has 0 aromatic heterocycles. The van der Waals surface area contributed by atoms with E-state index in [0.29, 0.717) is 30.4 Å². The van der Waals surface area contributed by atoms with Crippen molar-refractivity contribution in [3.63, 3.8) is 0 Å². The molecule has 1 aliphatic rings. The first-order valence-corrected chi connectivity index (χ1v) is 7.99. The molecule has 0 aliphatic carbocycles. The number of benzene rings is 1. The van der Waals surface area contributed by atoms with E-state index < -0.39 is 16.8 Å². The first-order chi connectivity index (χ1) is 9.58. The Kier molecular flexibility index (Phi) is 5.54. The van der Waals surface area contributed by atoms with Gasteiger partial charge in [-0.1, -0.05) is 11.6 Å². The van der Waals surface area contributed by atoms with Crippen LogP contribution in [0.3, 0.4) is 0 Å². The fraction of sp³-hybridized carbons (Fsp3) is 0.462. The summed E-state index contributed by atoms with van der Waals surface area (Å²) in [5.74, 6) is -0.636. The maximum Gasteiger partial charge on any atom is 0.337 e. The summed E-state index contributed by atoms with van der Waals surface area (Å²) in [5.41, 5.74) is -0.0103. The molecule has 1 heterocycles. The van der Waals surface area contributed by atoms with Gasteiger partial charge in [0.1, 0.15) is 0 Å². The lowest BCUT2D eigenvalue weighted by molar-refractivity contribution is 0.0409. The third-order valence-corrected chi connectivity index (χ3v) is 4.79. The lowest BCUT2D eigenvalue weighted by Crippen LogP contribution is -2.38. The van der Waals surface area contributed by atoms with E-state index in [4.69, 9.17) is 21.4 Å². The lowest BCUT2D eigenvalue weighted by Gasteiger charge is -2.26. The SMILES string of the molecule is O=C(O)c1cc(S(=O)CCN2CCOCC2)ccc1Cl. The van der Waals surface area contributed by atoms with E-state index >= 15 is 0 Å². The standard InChI is InChI=1S/C13H16ClNO4S/c14-12-2-1-10(9-11(12)13(16)17)20(18)8-5-15-3-6-19-7-4-15/h1-2,9H,3-8H2,(H,16,17). The molecule has 7 heteroatoms. The van der Waals surface area contributed by atoms with Crippen LogP contribution in [-0.4, -0.2) is 58.8 Å². The Morgan fingerprint density at radius 1 is 1.40 bits per heavy atom. The van der Waals surface area contributed by atoms with Crippen molar-refractivity contribution in [1.29, 1.82) is 0 Å². The molecule has 0 spiro atoms. The van der Waals surface area contributed by atoms with Gasteiger partial charge >= 0.3 is 5.97 Å². The molecule has 2 rings (SSSR count). The minimum atomic E-state index is -1.22. The molecular weight excluding hydrogens is 302 g/mol. The number of carbonyl (C=O) groups is 1. The second-order valence-corrected chi connectivity index (χ2v) is 6.43. The molecule has 110 valence electrons. The number of carboxylic acids is 1. The number of hydrogen-bond donors (Lipinski definition) is 1. The van der Waals surface area contributed by atoms with E-state index in [1.54, 1.807) is 6.07 Å². The highest BCUT2D eigenvalue weighted by Crippen LogP contribution is 2.20. The zero-order chi connectivity index (χ0) is 14.5. The van der Waals surface area contributed by atoms with E-state index in [-0.39, 0.29) is 10.6 Å². The molecule has 20 heavy (non-hydrogen) atoms. The van der Waals surface area contributed by atoms with Gasteiger partial charge in [0.05, 0.1) is 34.6 Å². The maximum absolute atomic E-state index is 12.2. The molecule has 0 amide bonds. The fourth-order valence-electron chi connectivity index (χ4n) is 1.96. The number of morpholine rings is 1. The number of hydrogen-bond acceptors (Lipinski definition) is 4. The van der Waals surface area contributed by atoms with Crippen molar-refractivity contribution < 1.29 is 18.8 Å². The first-order valence-electron chi connectivity index (χ1n) is 6.29. The Balaban J connectivity index is 1.98. The van der Waals surface area contributed by atoms with Gasteiger partial charge in [-0.3, -0.25) is 9.11 Å². The molecule has 1 aromatic carbocycles. The van der Waals surface area contributed by atoms with E-state index in [9.17, 15) is 9.00 Å². The third kappa shape index (κ3) is 4.02. The zero-order valence-electron chi connectivity index (χ0n) is 10.9. The molecule has 1 saturated heterocycles. The third-order valence-electron chi connectivity index (χ3n) is 3.13. The second kappa shape index (κ2) is 7.17. The summed E-state index contributed by atoms with van der Waals surface area (Å²) in [6, 6.07) is 4.48. The zero-order valence-corrected chi connectivity index (χ0v) is 12.5. The van der Waals surface area contributed by atoms with Crippen LogP contribution in [0.25, 0.3) is 0 Å². The van der Waals surface area contributed by atoms with Crippen molar-refractivity contribution in [3.8, 4) is 0 Å². The van der Waals surface area contributed by atoms with Crippen molar-refractivity contribution in [2.45, 2.75) is 4.90 Å². The van der Waals surface area contributed by atoms with Crippen LogP contribution < -0.4 is 0 Å². The van der Waals surface area contributed by atoms with Crippen molar-refractivity contribution in [3.05, 3.63) is 28.8 Å². The molecule has 1 fully saturated rings. The van der Waals surface area contributed by atoms with E-state index in [1.807, 2.05) is 0 Å². The van der Waals surface area contributed by atoms with Crippen LogP contribution in [0.4, 0.5) is 0 Å². The Morgan fingerprint density at radius 3 is 2.75 bits per heavy atom. The summed E-state index contributed by atoms with van der Waals surface area (Å²) < 4.78 is 17.4. The highest BCUT2D eigenvalue weighted by molar-refractivity contribution is 7.85. The van der Waals surface area contributed by atoms with Crippen LogP contribution in [0.5, 0.6) is 0 Å². The quantitative estimate of drug-likeness (QED) is 0.891. The second-order valence-electron chi connectivity index (χ2n) is 4.45. The topological polar surface area (TPSA) is 66.8 Å². The molecular formula is C13H16ClNO4S. The normalized spacial score (nSPS) is 17.9. The Bertz CT molecular complexity index is 517. The molecule has 0 bridgehead atoms. The number of aromatic carboxylic acids is 1. The van der Waals surface area contributed by atoms with Gasteiger partial charge in [-0.25, -0.2) is 4.79 Å². The van der Waals surface area contributed by atoms with Crippen LogP contribution in [0.2, 0.25) is 5.02 Å². The summed E-state index contributed by atoms with van der Waals surface area (Å²) in [7, 11) is -1.22. The molecule has 1 N–H and O–H groups in total.